The fraction of sp³-hybridized carbons (Fsp3) is 1.00. The summed E-state index contributed by atoms with van der Waals surface area (Å²) in [7, 11) is 1.79. The van der Waals surface area contributed by atoms with Crippen LogP contribution in [0.25, 0.3) is 0 Å². The van der Waals surface area contributed by atoms with Crippen LogP contribution in [-0.4, -0.2) is 54.5 Å². The van der Waals surface area contributed by atoms with Gasteiger partial charge in [-0.1, -0.05) is 0 Å². The average Bonchev–Trinajstić information content (AvgIpc) is 2.29. The molecule has 0 saturated carbocycles. The minimum absolute atomic E-state index is 0.00857. The fourth-order valence-electron chi connectivity index (χ4n) is 2.45. The molecule has 0 amide bonds. The molecule has 0 aromatic rings. The molecule has 0 aliphatic carbocycles. The lowest BCUT2D eigenvalue weighted by Gasteiger charge is -2.39. The molecule has 1 aliphatic rings. The Hall–Kier alpha value is -0.160. The van der Waals surface area contributed by atoms with Crippen molar-refractivity contribution in [2.75, 3.05) is 33.3 Å². The quantitative estimate of drug-likeness (QED) is 0.731. The van der Waals surface area contributed by atoms with Gasteiger partial charge >= 0.3 is 0 Å². The van der Waals surface area contributed by atoms with Crippen LogP contribution >= 0.6 is 0 Å². The van der Waals surface area contributed by atoms with Gasteiger partial charge in [-0.3, -0.25) is 0 Å². The van der Waals surface area contributed by atoms with Crippen LogP contribution in [0.3, 0.4) is 0 Å². The number of ether oxygens (including phenoxy) is 1. The van der Waals surface area contributed by atoms with Crippen LogP contribution in [0.1, 0.15) is 39.5 Å². The second kappa shape index (κ2) is 6.14. The fourth-order valence-corrected chi connectivity index (χ4v) is 2.45. The predicted molar refractivity (Wildman–Crippen MR) is 70.0 cm³/mol. The number of likely N-dealkylation sites (tertiary alicyclic amines) is 1. The number of piperidine rings is 1. The van der Waals surface area contributed by atoms with Crippen LogP contribution in [0.2, 0.25) is 0 Å². The van der Waals surface area contributed by atoms with E-state index < -0.39 is 5.60 Å². The number of rotatable bonds is 6. The molecule has 4 nitrogen and oxygen atoms in total. The Morgan fingerprint density at radius 3 is 2.82 bits per heavy atom. The maximum absolute atomic E-state index is 9.83. The van der Waals surface area contributed by atoms with Gasteiger partial charge in [0.15, 0.2) is 0 Å². The summed E-state index contributed by atoms with van der Waals surface area (Å²) < 4.78 is 5.57. The van der Waals surface area contributed by atoms with Crippen LogP contribution in [0.5, 0.6) is 0 Å². The predicted octanol–water partition coefficient (Wildman–Crippen LogP) is 0.977. The highest BCUT2D eigenvalue weighted by atomic mass is 16.5. The molecule has 0 aromatic carbocycles. The molecule has 0 spiro atoms. The Labute approximate surface area is 105 Å². The van der Waals surface area contributed by atoms with E-state index in [1.54, 1.807) is 7.11 Å². The summed E-state index contributed by atoms with van der Waals surface area (Å²) in [5, 5.41) is 9.83. The molecule has 1 saturated heterocycles. The van der Waals surface area contributed by atoms with E-state index in [0.717, 1.165) is 38.9 Å². The first-order chi connectivity index (χ1) is 7.91. The molecule has 102 valence electrons. The van der Waals surface area contributed by atoms with Crippen LogP contribution in [0.4, 0.5) is 0 Å². The van der Waals surface area contributed by atoms with Crippen molar-refractivity contribution in [3.8, 4) is 0 Å². The molecular weight excluding hydrogens is 216 g/mol. The van der Waals surface area contributed by atoms with Crippen molar-refractivity contribution in [3.63, 3.8) is 0 Å². The summed E-state index contributed by atoms with van der Waals surface area (Å²) in [6, 6.07) is 0. The second-order valence-electron chi connectivity index (χ2n) is 5.84. The normalized spacial score (nSPS) is 30.2. The third-order valence-electron chi connectivity index (χ3n) is 3.86. The van der Waals surface area contributed by atoms with Crippen LogP contribution in [0, 0.1) is 0 Å². The first-order valence-electron chi connectivity index (χ1n) is 6.61. The van der Waals surface area contributed by atoms with Crippen molar-refractivity contribution in [2.45, 2.75) is 50.7 Å². The van der Waals surface area contributed by atoms with E-state index in [9.17, 15) is 5.11 Å². The van der Waals surface area contributed by atoms with Crippen LogP contribution in [0.15, 0.2) is 0 Å². The zero-order valence-corrected chi connectivity index (χ0v) is 11.5. The smallest absolute Gasteiger partial charge is 0.0777 e. The summed E-state index contributed by atoms with van der Waals surface area (Å²) in [6.45, 7) is 7.48. The Kier molecular flexibility index (Phi) is 5.38. The highest BCUT2D eigenvalue weighted by molar-refractivity contribution is 4.85. The third-order valence-corrected chi connectivity index (χ3v) is 3.86. The molecule has 2 unspecified atom stereocenters. The molecule has 1 heterocycles. The molecule has 1 fully saturated rings. The lowest BCUT2D eigenvalue weighted by Crippen LogP contribution is -2.47. The van der Waals surface area contributed by atoms with Gasteiger partial charge < -0.3 is 20.5 Å². The van der Waals surface area contributed by atoms with Crippen LogP contribution < -0.4 is 5.73 Å². The molecule has 0 aromatic heterocycles. The van der Waals surface area contributed by atoms with E-state index in [1.165, 1.54) is 6.42 Å². The molecule has 1 aliphatic heterocycles. The minimum atomic E-state index is -0.708. The number of nitrogens with zero attached hydrogens (tertiary/aromatic N) is 1. The minimum Gasteiger partial charge on any atom is -0.389 e. The highest BCUT2D eigenvalue weighted by Gasteiger charge is 2.30. The Morgan fingerprint density at radius 1 is 1.53 bits per heavy atom. The van der Waals surface area contributed by atoms with Gasteiger partial charge in [-0.05, 0) is 52.6 Å². The summed E-state index contributed by atoms with van der Waals surface area (Å²) in [5.74, 6) is 0. The van der Waals surface area contributed by atoms with Gasteiger partial charge in [-0.2, -0.15) is 0 Å². The van der Waals surface area contributed by atoms with Crippen molar-refractivity contribution in [2.24, 2.45) is 5.73 Å². The highest BCUT2D eigenvalue weighted by Crippen LogP contribution is 2.24. The maximum Gasteiger partial charge on any atom is 0.0777 e. The summed E-state index contributed by atoms with van der Waals surface area (Å²) >= 11 is 0. The molecule has 3 N–H and O–H groups in total. The number of methoxy groups -OCH3 is 1. The molecule has 0 radical (unpaired) electrons. The van der Waals surface area contributed by atoms with Crippen molar-refractivity contribution in [1.29, 1.82) is 0 Å². The van der Waals surface area contributed by atoms with Crippen molar-refractivity contribution in [3.05, 3.63) is 0 Å². The Balaban J connectivity index is 2.28. The van der Waals surface area contributed by atoms with Gasteiger partial charge in [0.1, 0.15) is 0 Å². The van der Waals surface area contributed by atoms with E-state index in [0.29, 0.717) is 6.54 Å². The SMILES string of the molecule is COC1(C)CCCN(CCCC(C)(O)CN)C1. The Bertz CT molecular complexity index is 233. The number of aliphatic hydroxyl groups is 1. The van der Waals surface area contributed by atoms with E-state index in [-0.39, 0.29) is 5.60 Å². The standard InChI is InChI=1S/C13H28N2O2/c1-12(16,10-14)6-4-8-15-9-5-7-13(2,11-15)17-3/h16H,4-11,14H2,1-3H3. The van der Waals surface area contributed by atoms with E-state index in [4.69, 9.17) is 10.5 Å². The average molecular weight is 244 g/mol. The van der Waals surface area contributed by atoms with Crippen molar-refractivity contribution in [1.82, 2.24) is 4.90 Å². The molecule has 4 heteroatoms. The summed E-state index contributed by atoms with van der Waals surface area (Å²) in [4.78, 5) is 2.43. The van der Waals surface area contributed by atoms with Gasteiger partial charge in [0.2, 0.25) is 0 Å². The lowest BCUT2D eigenvalue weighted by molar-refractivity contribution is -0.0520. The number of hydrogen-bond donors (Lipinski definition) is 2. The lowest BCUT2D eigenvalue weighted by atomic mass is 9.94. The largest absolute Gasteiger partial charge is 0.389 e. The van der Waals surface area contributed by atoms with Gasteiger partial charge in [0.05, 0.1) is 11.2 Å². The molecule has 1 rings (SSSR count). The number of nitrogens with two attached hydrogens (primary N) is 1. The van der Waals surface area contributed by atoms with Gasteiger partial charge in [-0.25, -0.2) is 0 Å². The Morgan fingerprint density at radius 2 is 2.24 bits per heavy atom. The van der Waals surface area contributed by atoms with Crippen molar-refractivity contribution >= 4 is 0 Å². The molecular formula is C13H28N2O2. The van der Waals surface area contributed by atoms with E-state index in [1.807, 2.05) is 6.92 Å². The zero-order valence-electron chi connectivity index (χ0n) is 11.5. The summed E-state index contributed by atoms with van der Waals surface area (Å²) in [5.41, 5.74) is 4.81. The first kappa shape index (κ1) is 14.9. The monoisotopic (exact) mass is 244 g/mol. The van der Waals surface area contributed by atoms with Crippen molar-refractivity contribution < 1.29 is 9.84 Å². The summed E-state index contributed by atoms with van der Waals surface area (Å²) in [6.07, 6.45) is 4.09. The van der Waals surface area contributed by atoms with Gasteiger partial charge in [0.25, 0.3) is 0 Å². The zero-order chi connectivity index (χ0) is 12.9. The van der Waals surface area contributed by atoms with E-state index in [2.05, 4.69) is 11.8 Å². The van der Waals surface area contributed by atoms with Gasteiger partial charge in [0, 0.05) is 20.2 Å². The number of hydrogen-bond acceptors (Lipinski definition) is 4. The third kappa shape index (κ3) is 4.92. The second-order valence-corrected chi connectivity index (χ2v) is 5.84. The topological polar surface area (TPSA) is 58.7 Å². The first-order valence-corrected chi connectivity index (χ1v) is 6.61. The van der Waals surface area contributed by atoms with E-state index >= 15 is 0 Å². The molecule has 2 atom stereocenters. The van der Waals surface area contributed by atoms with Gasteiger partial charge in [-0.15, -0.1) is 0 Å². The molecule has 0 bridgehead atoms. The maximum atomic E-state index is 9.83. The molecule has 17 heavy (non-hydrogen) atoms. The van der Waals surface area contributed by atoms with Crippen LogP contribution in [-0.2, 0) is 4.74 Å².